The molecule has 1 atom stereocenters. The van der Waals surface area contributed by atoms with Crippen molar-refractivity contribution in [3.63, 3.8) is 0 Å². The second kappa shape index (κ2) is 13.8. The zero-order chi connectivity index (χ0) is 38.1. The van der Waals surface area contributed by atoms with E-state index in [-0.39, 0.29) is 0 Å². The van der Waals surface area contributed by atoms with Gasteiger partial charge in [0.05, 0.1) is 0 Å². The standard InChI is InChI=1S/C51H34N2P2Se2/c56-54(38-17-4-1-5-18-38,39-19-6-2-7-20-39)43-27-30-45-46-29-25-36-15-12-13-23-44(36)50(46)51-52-47-33-42(28-31-48(47)53(51)49(45)34-43)55(57,40-21-8-3-9-22-40)41-26-24-35-14-10-11-16-37(35)32-41/h1-34H. The maximum atomic E-state index is 5.63. The van der Waals surface area contributed by atoms with Gasteiger partial charge in [0.15, 0.2) is 0 Å². The molecule has 0 N–H and O–H groups in total. The van der Waals surface area contributed by atoms with Crippen LogP contribution in [0.4, 0.5) is 0 Å². The summed E-state index contributed by atoms with van der Waals surface area (Å²) in [7, 11) is 0. The molecule has 6 heteroatoms. The van der Waals surface area contributed by atoms with Crippen LogP contribution < -0.4 is 31.8 Å². The van der Waals surface area contributed by atoms with Gasteiger partial charge in [-0.25, -0.2) is 0 Å². The summed E-state index contributed by atoms with van der Waals surface area (Å²) in [5.41, 5.74) is -0.0704. The third-order valence-corrected chi connectivity index (χ3v) is 25.5. The van der Waals surface area contributed by atoms with E-state index in [1.165, 1.54) is 69.5 Å². The van der Waals surface area contributed by atoms with E-state index in [0.717, 1.165) is 22.2 Å². The van der Waals surface area contributed by atoms with Crippen molar-refractivity contribution in [3.05, 3.63) is 206 Å². The molecule has 0 aliphatic carbocycles. The SMILES string of the molecule is [Se]=P(c1ccccc1)(c1ccc2ccccc2c1)c1ccc2c(c1)nc1c3c4ccccc4ccc3c3ccc(P(=[Se])(c4ccccc4)c4ccccc4)cc3n21. The molecule has 0 spiro atoms. The number of hydrogen-bond donors (Lipinski definition) is 0. The van der Waals surface area contributed by atoms with Crippen LogP contribution in [0.5, 0.6) is 0 Å². The molecule has 57 heavy (non-hydrogen) atoms. The monoisotopic (exact) mass is 896 g/mol. The summed E-state index contributed by atoms with van der Waals surface area (Å²) >= 11 is 7.62. The predicted molar refractivity (Wildman–Crippen MR) is 252 cm³/mol. The molecular formula is C51H34N2P2Se2. The Hall–Kier alpha value is -5.13. The van der Waals surface area contributed by atoms with Gasteiger partial charge >= 0.3 is 349 Å². The number of hydrogen-bond acceptors (Lipinski definition) is 1. The predicted octanol–water partition coefficient (Wildman–Crippen LogP) is 9.86. The third-order valence-electron chi connectivity index (χ3n) is 11.5. The van der Waals surface area contributed by atoms with Crippen LogP contribution in [0.15, 0.2) is 206 Å². The van der Waals surface area contributed by atoms with Gasteiger partial charge in [-0.1, -0.05) is 0 Å². The second-order valence-corrected chi connectivity index (χ2v) is 27.0. The zero-order valence-corrected chi connectivity index (χ0v) is 36.0. The fraction of sp³-hybridized carbons (Fsp3) is 0. The zero-order valence-electron chi connectivity index (χ0n) is 30.7. The quantitative estimate of drug-likeness (QED) is 0.0924. The molecule has 2 aromatic heterocycles. The topological polar surface area (TPSA) is 17.3 Å². The van der Waals surface area contributed by atoms with Crippen molar-refractivity contribution in [2.24, 2.45) is 0 Å². The molecule has 0 fully saturated rings. The van der Waals surface area contributed by atoms with Gasteiger partial charge in [-0.2, -0.15) is 0 Å². The molecule has 0 amide bonds. The Morgan fingerprint density at radius 2 is 0.842 bits per heavy atom. The number of nitrogens with zero attached hydrogens (tertiary/aromatic N) is 2. The van der Waals surface area contributed by atoms with Crippen molar-refractivity contribution in [1.82, 2.24) is 9.38 Å². The van der Waals surface area contributed by atoms with Crippen molar-refractivity contribution < 1.29 is 0 Å². The average molecular weight is 895 g/mol. The molecule has 11 aromatic rings. The number of fused-ring (bicyclic) bond motifs is 11. The fourth-order valence-corrected chi connectivity index (χ4v) is 18.5. The molecule has 270 valence electrons. The first-order valence-corrected chi connectivity index (χ1v) is 27.1. The van der Waals surface area contributed by atoms with Crippen molar-refractivity contribution in [2.45, 2.75) is 0 Å². The van der Waals surface area contributed by atoms with Gasteiger partial charge < -0.3 is 0 Å². The van der Waals surface area contributed by atoms with Gasteiger partial charge in [-0.3, -0.25) is 0 Å². The number of benzene rings is 9. The van der Waals surface area contributed by atoms with Crippen LogP contribution >= 0.6 is 11.0 Å². The number of pyridine rings is 1. The van der Waals surface area contributed by atoms with Gasteiger partial charge in [0.25, 0.3) is 0 Å². The minimum atomic E-state index is -2.19. The number of aromatic nitrogens is 2. The van der Waals surface area contributed by atoms with Crippen LogP contribution in [0.2, 0.25) is 0 Å². The van der Waals surface area contributed by atoms with Crippen molar-refractivity contribution in [3.8, 4) is 0 Å². The van der Waals surface area contributed by atoms with Crippen LogP contribution in [0.3, 0.4) is 0 Å². The summed E-state index contributed by atoms with van der Waals surface area (Å²) < 4.78 is 2.44. The average Bonchev–Trinajstić information content (AvgIpc) is 3.68. The molecular weight excluding hydrogens is 860 g/mol. The molecule has 1 unspecified atom stereocenters. The van der Waals surface area contributed by atoms with E-state index in [9.17, 15) is 0 Å². The van der Waals surface area contributed by atoms with Gasteiger partial charge in [0, 0.05) is 0 Å². The first-order valence-electron chi connectivity index (χ1n) is 19.1. The van der Waals surface area contributed by atoms with E-state index in [1.807, 2.05) is 0 Å². The summed E-state index contributed by atoms with van der Waals surface area (Å²) in [6.45, 7) is 0. The summed E-state index contributed by atoms with van der Waals surface area (Å²) in [5, 5.41) is 16.3. The molecule has 2 nitrogen and oxygen atoms in total. The molecule has 2 heterocycles. The van der Waals surface area contributed by atoms with Crippen LogP contribution in [-0.2, 0) is 0 Å². The summed E-state index contributed by atoms with van der Waals surface area (Å²) in [6.07, 6.45) is 0. The van der Waals surface area contributed by atoms with Crippen LogP contribution in [0.25, 0.3) is 59.9 Å². The van der Waals surface area contributed by atoms with E-state index in [4.69, 9.17) is 4.98 Å². The van der Waals surface area contributed by atoms with Crippen molar-refractivity contribution in [2.75, 3.05) is 0 Å². The van der Waals surface area contributed by atoms with Gasteiger partial charge in [0.2, 0.25) is 0 Å². The van der Waals surface area contributed by atoms with E-state index in [2.05, 4.69) is 241 Å². The van der Waals surface area contributed by atoms with E-state index in [1.54, 1.807) is 0 Å². The molecule has 0 bridgehead atoms. The van der Waals surface area contributed by atoms with Crippen LogP contribution in [0.1, 0.15) is 0 Å². The van der Waals surface area contributed by atoms with Crippen LogP contribution in [-0.4, -0.2) is 39.6 Å². The van der Waals surface area contributed by atoms with Gasteiger partial charge in [-0.05, 0) is 0 Å². The van der Waals surface area contributed by atoms with Gasteiger partial charge in [-0.15, -0.1) is 0 Å². The Morgan fingerprint density at radius 1 is 0.351 bits per heavy atom. The third kappa shape index (κ3) is 5.48. The fourth-order valence-electron chi connectivity index (χ4n) is 8.72. The molecule has 0 saturated heterocycles. The molecule has 0 aliphatic rings. The number of imidazole rings is 1. The summed E-state index contributed by atoms with van der Waals surface area (Å²) in [4.78, 5) is 5.63. The first kappa shape index (κ1) is 35.1. The molecule has 0 aliphatic heterocycles. The Morgan fingerprint density at radius 3 is 1.53 bits per heavy atom. The van der Waals surface area contributed by atoms with E-state index < -0.39 is 11.0 Å². The Kier molecular flexibility index (Phi) is 8.47. The molecule has 0 radical (unpaired) electrons. The molecule has 0 saturated carbocycles. The minimum absolute atomic E-state index is 0.983. The Bertz CT molecular complexity index is 3430. The maximum absolute atomic E-state index is 5.63. The van der Waals surface area contributed by atoms with E-state index in [0.29, 0.717) is 0 Å². The first-order chi connectivity index (χ1) is 28.0. The number of rotatable bonds is 6. The van der Waals surface area contributed by atoms with Gasteiger partial charge in [0.1, 0.15) is 0 Å². The Labute approximate surface area is 346 Å². The Balaban J connectivity index is 1.23. The van der Waals surface area contributed by atoms with E-state index >= 15 is 0 Å². The molecule has 9 aromatic carbocycles. The molecule has 11 rings (SSSR count). The summed E-state index contributed by atoms with van der Waals surface area (Å²) in [5.74, 6) is 0. The van der Waals surface area contributed by atoms with Crippen molar-refractivity contribution >= 4 is 133 Å². The van der Waals surface area contributed by atoms with Crippen LogP contribution in [0, 0.1) is 0 Å². The summed E-state index contributed by atoms with van der Waals surface area (Å²) in [6, 6.07) is 76.0. The van der Waals surface area contributed by atoms with Crippen molar-refractivity contribution in [1.29, 1.82) is 0 Å². The normalized spacial score (nSPS) is 13.2. The second-order valence-electron chi connectivity index (χ2n) is 14.6.